The summed E-state index contributed by atoms with van der Waals surface area (Å²) in [6.45, 7) is 16.1. The minimum atomic E-state index is -0.926. The normalized spacial score (nSPS) is 46.2. The number of carbonyl (C=O) groups excluding carboxylic acids is 1. The molecule has 5 aliphatic heterocycles. The fraction of sp³-hybridized carbons (Fsp3) is 0.769. The molecule has 5 saturated heterocycles. The number of aliphatic hydroxyl groups excluding tert-OH is 1. The van der Waals surface area contributed by atoms with Crippen LogP contribution in [0.25, 0.3) is 0 Å². The van der Waals surface area contributed by atoms with Gasteiger partial charge in [-0.2, -0.15) is 0 Å². The molecule has 13 atom stereocenters. The molecule has 0 aliphatic carbocycles. The summed E-state index contributed by atoms with van der Waals surface area (Å²) in [5.41, 5.74) is -0.0535. The lowest BCUT2D eigenvalue weighted by Gasteiger charge is -2.49. The van der Waals surface area contributed by atoms with E-state index in [-0.39, 0.29) is 42.7 Å². The van der Waals surface area contributed by atoms with Crippen molar-refractivity contribution in [3.8, 4) is 0 Å². The molecule has 0 aromatic carbocycles. The van der Waals surface area contributed by atoms with Crippen LogP contribution in [0.2, 0.25) is 0 Å². The van der Waals surface area contributed by atoms with Crippen molar-refractivity contribution in [3.63, 3.8) is 0 Å². The molecule has 47 heavy (non-hydrogen) atoms. The van der Waals surface area contributed by atoms with Gasteiger partial charge < -0.3 is 33.9 Å². The number of rotatable bonds is 9. The Morgan fingerprint density at radius 3 is 2.34 bits per heavy atom. The molecule has 0 spiro atoms. The predicted octanol–water partition coefficient (Wildman–Crippen LogP) is 6.48. The highest BCUT2D eigenvalue weighted by atomic mass is 16.6. The number of allylic oxidation sites excluding steroid dienone is 7. The van der Waals surface area contributed by atoms with Gasteiger partial charge in [0, 0.05) is 12.8 Å². The summed E-state index contributed by atoms with van der Waals surface area (Å²) in [6.07, 6.45) is 16.0. The van der Waals surface area contributed by atoms with Crippen molar-refractivity contribution in [1.82, 2.24) is 0 Å². The summed E-state index contributed by atoms with van der Waals surface area (Å²) in [6, 6.07) is 0. The standard InChI is InChI=1S/C39H60O8/c1-8-9-10-11-15-33-37(5,42)19-16-30-31(43-33)17-20-38(6)35(44-30)23-32-36(47-38)28(41)24-39(7)34(45-32)22-27(4)29(46-39)14-12-13-25(2)26(3)18-21-40/h8-10,13,18,21,27-36,41-42H,1,11-12,14-17,19-20,22-24H2,2-7H3. The predicted molar refractivity (Wildman–Crippen MR) is 182 cm³/mol. The molecule has 0 bridgehead atoms. The highest BCUT2D eigenvalue weighted by molar-refractivity contribution is 5.67. The first-order chi connectivity index (χ1) is 22.3. The minimum absolute atomic E-state index is 0.0469. The summed E-state index contributed by atoms with van der Waals surface area (Å²) in [4.78, 5) is 10.9. The third-order valence-corrected chi connectivity index (χ3v) is 11.9. The Morgan fingerprint density at radius 1 is 0.894 bits per heavy atom. The first-order valence-electron chi connectivity index (χ1n) is 18.1. The number of aliphatic hydroxyl groups is 2. The van der Waals surface area contributed by atoms with Crippen molar-refractivity contribution in [3.05, 3.63) is 48.1 Å². The molecule has 0 amide bonds. The van der Waals surface area contributed by atoms with E-state index in [1.807, 2.05) is 26.8 Å². The van der Waals surface area contributed by atoms with Crippen molar-refractivity contribution in [2.45, 2.75) is 184 Å². The molecule has 0 saturated carbocycles. The van der Waals surface area contributed by atoms with Crippen molar-refractivity contribution >= 4 is 6.29 Å². The molecule has 0 radical (unpaired) electrons. The van der Waals surface area contributed by atoms with Gasteiger partial charge in [0.1, 0.15) is 12.4 Å². The molecule has 8 nitrogen and oxygen atoms in total. The van der Waals surface area contributed by atoms with Crippen LogP contribution >= 0.6 is 0 Å². The Morgan fingerprint density at radius 2 is 1.60 bits per heavy atom. The maximum Gasteiger partial charge on any atom is 0.143 e. The lowest BCUT2D eigenvalue weighted by Crippen LogP contribution is -2.59. The number of carbonyl (C=O) groups is 1. The molecule has 5 heterocycles. The highest BCUT2D eigenvalue weighted by Gasteiger charge is 2.58. The summed E-state index contributed by atoms with van der Waals surface area (Å²) >= 11 is 0. The summed E-state index contributed by atoms with van der Waals surface area (Å²) in [7, 11) is 0. The van der Waals surface area contributed by atoms with E-state index in [0.29, 0.717) is 25.2 Å². The van der Waals surface area contributed by atoms with Crippen molar-refractivity contribution in [2.24, 2.45) is 5.92 Å². The topological polar surface area (TPSA) is 104 Å². The van der Waals surface area contributed by atoms with Crippen LogP contribution in [0.15, 0.2) is 48.1 Å². The second-order valence-corrected chi connectivity index (χ2v) is 15.7. The van der Waals surface area contributed by atoms with Crippen molar-refractivity contribution in [1.29, 1.82) is 0 Å². The van der Waals surface area contributed by atoms with Gasteiger partial charge in [-0.1, -0.05) is 43.4 Å². The van der Waals surface area contributed by atoms with Crippen molar-refractivity contribution < 1.29 is 38.7 Å². The third-order valence-electron chi connectivity index (χ3n) is 11.9. The van der Waals surface area contributed by atoms with Gasteiger partial charge in [-0.05, 0) is 110 Å². The zero-order valence-electron chi connectivity index (χ0n) is 29.6. The number of ether oxygens (including phenoxy) is 5. The highest BCUT2D eigenvalue weighted by Crippen LogP contribution is 2.49. The van der Waals surface area contributed by atoms with Crippen LogP contribution in [0.3, 0.4) is 0 Å². The Kier molecular flexibility index (Phi) is 11.7. The SMILES string of the molecule is C=CC=CCCC1OC2CCC3(C)OC4C(O)CC5(C)OC(CCC=C(C)C(C)=CC=O)C(C)CC5OC4CC3OC2CCC1(C)O. The Labute approximate surface area is 282 Å². The van der Waals surface area contributed by atoms with E-state index in [1.165, 1.54) is 0 Å². The number of aldehydes is 1. The average molecular weight is 657 g/mol. The van der Waals surface area contributed by atoms with Gasteiger partial charge in [0.2, 0.25) is 0 Å². The first-order valence-corrected chi connectivity index (χ1v) is 18.1. The van der Waals surface area contributed by atoms with Crippen LogP contribution < -0.4 is 0 Å². The van der Waals surface area contributed by atoms with Gasteiger partial charge in [-0.25, -0.2) is 0 Å². The zero-order valence-corrected chi connectivity index (χ0v) is 29.6. The third kappa shape index (κ3) is 8.22. The summed E-state index contributed by atoms with van der Waals surface area (Å²) in [5, 5.41) is 23.0. The Balaban J connectivity index is 1.26. The fourth-order valence-electron chi connectivity index (χ4n) is 8.63. The van der Waals surface area contributed by atoms with Crippen LogP contribution in [0.5, 0.6) is 0 Å². The second kappa shape index (κ2) is 15.1. The van der Waals surface area contributed by atoms with E-state index in [0.717, 1.165) is 68.8 Å². The molecule has 0 aromatic heterocycles. The van der Waals surface area contributed by atoms with Gasteiger partial charge >= 0.3 is 0 Å². The largest absolute Gasteiger partial charge is 0.390 e. The minimum Gasteiger partial charge on any atom is -0.390 e. The summed E-state index contributed by atoms with van der Waals surface area (Å²) < 4.78 is 34.2. The molecule has 8 heteroatoms. The molecule has 0 aromatic rings. The Bertz CT molecular complexity index is 1190. The van der Waals surface area contributed by atoms with Crippen LogP contribution in [0.4, 0.5) is 0 Å². The molecule has 5 fully saturated rings. The molecule has 13 unspecified atom stereocenters. The Hall–Kier alpha value is -1.65. The number of hydrogen-bond acceptors (Lipinski definition) is 8. The average Bonchev–Trinajstić information content (AvgIpc) is 3.27. The van der Waals surface area contributed by atoms with Gasteiger partial charge in [-0.3, -0.25) is 4.79 Å². The van der Waals surface area contributed by atoms with Gasteiger partial charge in [0.05, 0.1) is 65.6 Å². The maximum absolute atomic E-state index is 11.7. The number of hydrogen-bond donors (Lipinski definition) is 2. The molecule has 5 rings (SSSR count). The van der Waals surface area contributed by atoms with Gasteiger partial charge in [-0.15, -0.1) is 0 Å². The van der Waals surface area contributed by atoms with E-state index in [4.69, 9.17) is 23.7 Å². The van der Waals surface area contributed by atoms with Crippen LogP contribution in [0.1, 0.15) is 112 Å². The first kappa shape index (κ1) is 36.6. The maximum atomic E-state index is 11.7. The van der Waals surface area contributed by atoms with E-state index < -0.39 is 29.0 Å². The lowest BCUT2D eigenvalue weighted by molar-refractivity contribution is -0.273. The molecular weight excluding hydrogens is 596 g/mol. The lowest BCUT2D eigenvalue weighted by atomic mass is 9.79. The van der Waals surface area contributed by atoms with Gasteiger partial charge in [0.15, 0.2) is 0 Å². The monoisotopic (exact) mass is 656 g/mol. The number of fused-ring (bicyclic) bond motifs is 4. The van der Waals surface area contributed by atoms with E-state index in [2.05, 4.69) is 39.5 Å². The smallest absolute Gasteiger partial charge is 0.143 e. The fourth-order valence-corrected chi connectivity index (χ4v) is 8.63. The van der Waals surface area contributed by atoms with Crippen LogP contribution in [0, 0.1) is 5.92 Å². The van der Waals surface area contributed by atoms with E-state index in [9.17, 15) is 15.0 Å². The molecule has 2 N–H and O–H groups in total. The molecule has 264 valence electrons. The van der Waals surface area contributed by atoms with Crippen LogP contribution in [-0.2, 0) is 28.5 Å². The second-order valence-electron chi connectivity index (χ2n) is 15.7. The van der Waals surface area contributed by atoms with Crippen molar-refractivity contribution in [2.75, 3.05) is 0 Å². The summed E-state index contributed by atoms with van der Waals surface area (Å²) in [5.74, 6) is 0.294. The van der Waals surface area contributed by atoms with E-state index >= 15 is 0 Å². The molecular formula is C39H60O8. The molecule has 5 aliphatic rings. The van der Waals surface area contributed by atoms with E-state index in [1.54, 1.807) is 12.2 Å². The van der Waals surface area contributed by atoms with Crippen LogP contribution in [-0.4, -0.2) is 88.2 Å². The zero-order chi connectivity index (χ0) is 34.0. The quantitative estimate of drug-likeness (QED) is 0.165. The van der Waals surface area contributed by atoms with Gasteiger partial charge in [0.25, 0.3) is 0 Å².